The van der Waals surface area contributed by atoms with Gasteiger partial charge >= 0.3 is 5.97 Å². The number of methoxy groups -OCH3 is 1. The Balaban J connectivity index is 2.04. The van der Waals surface area contributed by atoms with Gasteiger partial charge in [-0.25, -0.2) is 0 Å². The molecular weight excluding hydrogens is 262 g/mol. The monoisotopic (exact) mass is 273 g/mol. The molecular formula is C11H12ClNO3S. The van der Waals surface area contributed by atoms with E-state index in [1.165, 1.54) is 18.4 Å². The maximum Gasteiger partial charge on any atom is 0.310 e. The van der Waals surface area contributed by atoms with Crippen LogP contribution in [0.5, 0.6) is 0 Å². The number of nitrogens with zero attached hydrogens (tertiary/aromatic N) is 1. The van der Waals surface area contributed by atoms with E-state index in [2.05, 4.69) is 4.74 Å². The smallest absolute Gasteiger partial charge is 0.310 e. The van der Waals surface area contributed by atoms with Gasteiger partial charge in [-0.3, -0.25) is 9.59 Å². The minimum absolute atomic E-state index is 0.101. The van der Waals surface area contributed by atoms with Gasteiger partial charge in [0.05, 0.1) is 18.1 Å². The third-order valence-corrected chi connectivity index (χ3v) is 4.15. The molecule has 17 heavy (non-hydrogen) atoms. The van der Waals surface area contributed by atoms with Crippen molar-refractivity contribution in [1.29, 1.82) is 0 Å². The lowest BCUT2D eigenvalue weighted by Gasteiger charge is -2.15. The molecule has 1 unspecified atom stereocenters. The number of thiophene rings is 1. The van der Waals surface area contributed by atoms with E-state index in [0.29, 0.717) is 29.4 Å². The Bertz CT molecular complexity index is 446. The summed E-state index contributed by atoms with van der Waals surface area (Å²) in [5.41, 5.74) is 0. The van der Waals surface area contributed by atoms with Crippen LogP contribution < -0.4 is 0 Å². The van der Waals surface area contributed by atoms with Gasteiger partial charge in [0, 0.05) is 13.1 Å². The normalized spacial score (nSPS) is 19.4. The quantitative estimate of drug-likeness (QED) is 0.775. The Morgan fingerprint density at radius 3 is 2.94 bits per heavy atom. The summed E-state index contributed by atoms with van der Waals surface area (Å²) in [5.74, 6) is -0.559. The molecule has 1 fully saturated rings. The van der Waals surface area contributed by atoms with Gasteiger partial charge in [0.15, 0.2) is 0 Å². The summed E-state index contributed by atoms with van der Waals surface area (Å²) >= 11 is 7.23. The van der Waals surface area contributed by atoms with E-state index in [-0.39, 0.29) is 17.8 Å². The highest BCUT2D eigenvalue weighted by molar-refractivity contribution is 7.12. The summed E-state index contributed by atoms with van der Waals surface area (Å²) in [6.07, 6.45) is 0.654. The van der Waals surface area contributed by atoms with Crippen molar-refractivity contribution >= 4 is 34.8 Å². The minimum Gasteiger partial charge on any atom is -0.469 e. The Labute approximate surface area is 108 Å². The third-order valence-electron chi connectivity index (χ3n) is 2.82. The number of carbonyl (C=O) groups excluding carboxylic acids is 2. The molecule has 0 N–H and O–H groups in total. The summed E-state index contributed by atoms with van der Waals surface area (Å²) in [4.78, 5) is 25.6. The lowest BCUT2D eigenvalue weighted by Crippen LogP contribution is -2.29. The Hall–Kier alpha value is -1.07. The van der Waals surface area contributed by atoms with Crippen molar-refractivity contribution in [3.8, 4) is 0 Å². The summed E-state index contributed by atoms with van der Waals surface area (Å²) < 4.78 is 4.68. The molecule has 92 valence electrons. The van der Waals surface area contributed by atoms with Crippen LogP contribution in [0.1, 0.15) is 16.1 Å². The van der Waals surface area contributed by atoms with E-state index >= 15 is 0 Å². The minimum atomic E-state index is -0.252. The highest BCUT2D eigenvalue weighted by atomic mass is 35.5. The van der Waals surface area contributed by atoms with Crippen molar-refractivity contribution in [3.05, 3.63) is 21.3 Å². The van der Waals surface area contributed by atoms with Crippen LogP contribution in [-0.4, -0.2) is 37.0 Å². The fourth-order valence-electron chi connectivity index (χ4n) is 1.89. The molecule has 2 rings (SSSR count). The zero-order valence-corrected chi connectivity index (χ0v) is 10.9. The van der Waals surface area contributed by atoms with Crippen LogP contribution in [0.15, 0.2) is 11.4 Å². The predicted molar refractivity (Wildman–Crippen MR) is 65.4 cm³/mol. The molecule has 0 aromatic carbocycles. The van der Waals surface area contributed by atoms with Crippen LogP contribution in [0.25, 0.3) is 0 Å². The van der Waals surface area contributed by atoms with Crippen LogP contribution in [0.3, 0.4) is 0 Å². The van der Waals surface area contributed by atoms with Crippen LogP contribution in [-0.2, 0) is 9.53 Å². The first kappa shape index (κ1) is 12.4. The largest absolute Gasteiger partial charge is 0.469 e. The Kier molecular flexibility index (Phi) is 3.69. The molecule has 1 saturated heterocycles. The number of rotatable bonds is 2. The first-order valence-electron chi connectivity index (χ1n) is 5.23. The van der Waals surface area contributed by atoms with E-state index in [0.717, 1.165) is 0 Å². The second kappa shape index (κ2) is 5.06. The fraction of sp³-hybridized carbons (Fsp3) is 0.455. The average molecular weight is 274 g/mol. The number of ether oxygens (including phenoxy) is 1. The molecule has 0 radical (unpaired) electrons. The summed E-state index contributed by atoms with van der Waals surface area (Å²) in [6, 6.07) is 1.70. The number of halogens is 1. The van der Waals surface area contributed by atoms with E-state index in [1.54, 1.807) is 16.3 Å². The zero-order chi connectivity index (χ0) is 12.4. The molecule has 0 bridgehead atoms. The number of esters is 1. The molecule has 4 nitrogen and oxygen atoms in total. The molecule has 1 atom stereocenters. The second-order valence-electron chi connectivity index (χ2n) is 3.86. The van der Waals surface area contributed by atoms with Gasteiger partial charge in [0.25, 0.3) is 5.91 Å². The topological polar surface area (TPSA) is 46.6 Å². The van der Waals surface area contributed by atoms with Crippen molar-refractivity contribution in [2.24, 2.45) is 5.92 Å². The second-order valence-corrected chi connectivity index (χ2v) is 5.18. The number of hydrogen-bond acceptors (Lipinski definition) is 4. The van der Waals surface area contributed by atoms with Gasteiger partial charge in [-0.15, -0.1) is 11.3 Å². The molecule has 1 aromatic heterocycles. The van der Waals surface area contributed by atoms with Gasteiger partial charge in [-0.1, -0.05) is 11.6 Å². The standard InChI is InChI=1S/C11H12ClNO3S/c1-16-11(15)7-2-4-13(6-7)10(14)9-8(12)3-5-17-9/h3,5,7H,2,4,6H2,1H3. The van der Waals surface area contributed by atoms with Crippen LogP contribution in [0.2, 0.25) is 5.02 Å². The lowest BCUT2D eigenvalue weighted by molar-refractivity contribution is -0.144. The zero-order valence-electron chi connectivity index (χ0n) is 9.31. The number of carbonyl (C=O) groups is 2. The lowest BCUT2D eigenvalue weighted by atomic mass is 10.1. The van der Waals surface area contributed by atoms with E-state index < -0.39 is 0 Å². The van der Waals surface area contributed by atoms with Gasteiger partial charge in [-0.2, -0.15) is 0 Å². The Morgan fingerprint density at radius 1 is 1.59 bits per heavy atom. The van der Waals surface area contributed by atoms with E-state index in [9.17, 15) is 9.59 Å². The fourth-order valence-corrected chi connectivity index (χ4v) is 3.00. The van der Waals surface area contributed by atoms with Crippen LogP contribution in [0, 0.1) is 5.92 Å². The molecule has 2 heterocycles. The van der Waals surface area contributed by atoms with Gasteiger partial charge in [-0.05, 0) is 17.9 Å². The maximum atomic E-state index is 12.1. The average Bonchev–Trinajstić information content (AvgIpc) is 2.95. The summed E-state index contributed by atoms with van der Waals surface area (Å²) in [7, 11) is 1.36. The Morgan fingerprint density at radius 2 is 2.35 bits per heavy atom. The predicted octanol–water partition coefficient (Wildman–Crippen LogP) is 2.04. The molecule has 1 aliphatic heterocycles. The van der Waals surface area contributed by atoms with Crippen molar-refractivity contribution in [2.45, 2.75) is 6.42 Å². The third kappa shape index (κ3) is 2.45. The van der Waals surface area contributed by atoms with Crippen molar-refractivity contribution in [3.63, 3.8) is 0 Å². The van der Waals surface area contributed by atoms with Crippen molar-refractivity contribution in [2.75, 3.05) is 20.2 Å². The van der Waals surface area contributed by atoms with Crippen molar-refractivity contribution < 1.29 is 14.3 Å². The van der Waals surface area contributed by atoms with Crippen LogP contribution >= 0.6 is 22.9 Å². The highest BCUT2D eigenvalue weighted by Gasteiger charge is 2.33. The van der Waals surface area contributed by atoms with Gasteiger partial charge < -0.3 is 9.64 Å². The summed E-state index contributed by atoms with van der Waals surface area (Å²) in [5, 5.41) is 2.25. The molecule has 6 heteroatoms. The molecule has 1 aromatic rings. The first-order chi connectivity index (χ1) is 8.13. The van der Waals surface area contributed by atoms with Gasteiger partial charge in [0.2, 0.25) is 0 Å². The molecule has 0 aliphatic carbocycles. The summed E-state index contributed by atoms with van der Waals surface area (Å²) in [6.45, 7) is 0.993. The van der Waals surface area contributed by atoms with Crippen LogP contribution in [0.4, 0.5) is 0 Å². The maximum absolute atomic E-state index is 12.1. The molecule has 1 amide bonds. The highest BCUT2D eigenvalue weighted by Crippen LogP contribution is 2.26. The number of amides is 1. The number of likely N-dealkylation sites (tertiary alicyclic amines) is 1. The first-order valence-corrected chi connectivity index (χ1v) is 6.49. The van der Waals surface area contributed by atoms with E-state index in [4.69, 9.17) is 11.6 Å². The van der Waals surface area contributed by atoms with Crippen molar-refractivity contribution in [1.82, 2.24) is 4.90 Å². The van der Waals surface area contributed by atoms with E-state index in [1.807, 2.05) is 0 Å². The number of hydrogen-bond donors (Lipinski definition) is 0. The molecule has 1 aliphatic rings. The SMILES string of the molecule is COC(=O)C1CCN(C(=O)c2sccc2Cl)C1. The molecule has 0 saturated carbocycles. The molecule has 0 spiro atoms. The van der Waals surface area contributed by atoms with Gasteiger partial charge in [0.1, 0.15) is 4.88 Å².